The van der Waals surface area contributed by atoms with Gasteiger partial charge in [0.05, 0.1) is 0 Å². The molecule has 4 nitrogen and oxygen atoms in total. The van der Waals surface area contributed by atoms with Crippen molar-refractivity contribution >= 4 is 17.2 Å². The molecule has 2 atom stereocenters. The molecular formula is C12H21N3OS. The molecule has 0 saturated heterocycles. The highest BCUT2D eigenvalue weighted by atomic mass is 32.1. The molecule has 5 heteroatoms. The SMILES string of the molecule is CC(CC(N)=NO)NC(c1cccs1)C(C)C. The Bertz CT molecular complexity index is 349. The van der Waals surface area contributed by atoms with E-state index >= 15 is 0 Å². The molecule has 1 rings (SSSR count). The van der Waals surface area contributed by atoms with Crippen molar-refractivity contribution in [1.82, 2.24) is 5.32 Å². The summed E-state index contributed by atoms with van der Waals surface area (Å²) in [7, 11) is 0. The number of hydrogen-bond donors (Lipinski definition) is 3. The highest BCUT2D eigenvalue weighted by molar-refractivity contribution is 7.10. The van der Waals surface area contributed by atoms with Crippen LogP contribution in [0, 0.1) is 5.92 Å². The van der Waals surface area contributed by atoms with Crippen molar-refractivity contribution < 1.29 is 5.21 Å². The molecule has 0 bridgehead atoms. The lowest BCUT2D eigenvalue weighted by Crippen LogP contribution is -2.36. The van der Waals surface area contributed by atoms with Gasteiger partial charge in [0, 0.05) is 23.4 Å². The van der Waals surface area contributed by atoms with Crippen LogP contribution in [0.5, 0.6) is 0 Å². The van der Waals surface area contributed by atoms with E-state index in [1.54, 1.807) is 11.3 Å². The Morgan fingerprint density at radius 2 is 2.24 bits per heavy atom. The van der Waals surface area contributed by atoms with E-state index in [1.807, 2.05) is 6.92 Å². The highest BCUT2D eigenvalue weighted by Gasteiger charge is 2.19. The standard InChI is InChI=1S/C12H21N3OS/c1-8(2)12(10-5-4-6-17-10)14-9(3)7-11(13)15-16/h4-6,8-9,12,14,16H,7H2,1-3H3,(H2,13,15). The molecule has 1 heterocycles. The summed E-state index contributed by atoms with van der Waals surface area (Å²) in [5.74, 6) is 0.766. The average molecular weight is 255 g/mol. The maximum Gasteiger partial charge on any atom is 0.140 e. The van der Waals surface area contributed by atoms with Gasteiger partial charge in [0.2, 0.25) is 0 Å². The third kappa shape index (κ3) is 4.36. The van der Waals surface area contributed by atoms with Crippen LogP contribution in [0.25, 0.3) is 0 Å². The van der Waals surface area contributed by atoms with Crippen molar-refractivity contribution in [2.45, 2.75) is 39.3 Å². The minimum atomic E-state index is 0.181. The topological polar surface area (TPSA) is 70.6 Å². The monoisotopic (exact) mass is 255 g/mol. The summed E-state index contributed by atoms with van der Waals surface area (Å²) in [5.41, 5.74) is 5.51. The van der Waals surface area contributed by atoms with E-state index in [4.69, 9.17) is 10.9 Å². The zero-order valence-corrected chi connectivity index (χ0v) is 11.4. The van der Waals surface area contributed by atoms with Gasteiger partial charge in [0.25, 0.3) is 0 Å². The van der Waals surface area contributed by atoms with Crippen LogP contribution in [-0.2, 0) is 0 Å². The Morgan fingerprint density at radius 3 is 2.71 bits per heavy atom. The summed E-state index contributed by atoms with van der Waals surface area (Å²) in [6, 6.07) is 4.70. The van der Waals surface area contributed by atoms with E-state index in [9.17, 15) is 0 Å². The molecule has 0 amide bonds. The number of thiophene rings is 1. The summed E-state index contributed by atoms with van der Waals surface area (Å²) >= 11 is 1.75. The smallest absolute Gasteiger partial charge is 0.140 e. The number of rotatable bonds is 6. The van der Waals surface area contributed by atoms with Crippen molar-refractivity contribution in [3.63, 3.8) is 0 Å². The quantitative estimate of drug-likeness (QED) is 0.317. The first-order valence-electron chi connectivity index (χ1n) is 5.80. The van der Waals surface area contributed by atoms with Crippen LogP contribution in [0.15, 0.2) is 22.7 Å². The van der Waals surface area contributed by atoms with Crippen molar-refractivity contribution in [1.29, 1.82) is 0 Å². The fourth-order valence-electron chi connectivity index (χ4n) is 1.79. The molecule has 0 aromatic carbocycles. The minimum Gasteiger partial charge on any atom is -0.409 e. The summed E-state index contributed by atoms with van der Waals surface area (Å²) in [6.45, 7) is 6.42. The molecule has 2 unspecified atom stereocenters. The molecule has 0 fully saturated rings. The summed E-state index contributed by atoms with van der Waals surface area (Å²) in [6.07, 6.45) is 0.547. The molecule has 1 aromatic rings. The normalized spacial score (nSPS) is 16.1. The number of amidine groups is 1. The first-order valence-corrected chi connectivity index (χ1v) is 6.68. The molecule has 0 aliphatic carbocycles. The molecule has 0 aliphatic heterocycles. The average Bonchev–Trinajstić information content (AvgIpc) is 2.78. The lowest BCUT2D eigenvalue weighted by Gasteiger charge is -2.25. The van der Waals surface area contributed by atoms with Crippen LogP contribution in [0.2, 0.25) is 0 Å². The molecular weight excluding hydrogens is 234 g/mol. The lowest BCUT2D eigenvalue weighted by atomic mass is 10.0. The van der Waals surface area contributed by atoms with Crippen LogP contribution in [0.3, 0.4) is 0 Å². The molecule has 0 aliphatic rings. The van der Waals surface area contributed by atoms with Crippen LogP contribution < -0.4 is 11.1 Å². The fourth-order valence-corrected chi connectivity index (χ4v) is 2.75. The molecule has 0 saturated carbocycles. The first kappa shape index (κ1) is 14.0. The third-order valence-corrected chi connectivity index (χ3v) is 3.58. The van der Waals surface area contributed by atoms with Crippen molar-refractivity contribution in [3.8, 4) is 0 Å². The van der Waals surface area contributed by atoms with E-state index in [0.29, 0.717) is 18.4 Å². The Kier molecular flexibility index (Phi) is 5.44. The van der Waals surface area contributed by atoms with Gasteiger partial charge in [0.1, 0.15) is 5.84 Å². The zero-order chi connectivity index (χ0) is 12.8. The minimum absolute atomic E-state index is 0.181. The Labute approximate surface area is 107 Å². The Morgan fingerprint density at radius 1 is 1.53 bits per heavy atom. The number of oxime groups is 1. The van der Waals surface area contributed by atoms with Crippen LogP contribution in [-0.4, -0.2) is 17.1 Å². The van der Waals surface area contributed by atoms with Gasteiger partial charge in [-0.15, -0.1) is 11.3 Å². The first-order chi connectivity index (χ1) is 8.04. The highest BCUT2D eigenvalue weighted by Crippen LogP contribution is 2.26. The van der Waals surface area contributed by atoms with Gasteiger partial charge in [0.15, 0.2) is 0 Å². The van der Waals surface area contributed by atoms with Crippen LogP contribution in [0.1, 0.15) is 38.1 Å². The van der Waals surface area contributed by atoms with E-state index in [-0.39, 0.29) is 11.9 Å². The summed E-state index contributed by atoms with van der Waals surface area (Å²) in [5, 5.41) is 17.2. The number of nitrogens with two attached hydrogens (primary N) is 1. The predicted molar refractivity (Wildman–Crippen MR) is 72.5 cm³/mol. The van der Waals surface area contributed by atoms with Gasteiger partial charge in [-0.25, -0.2) is 0 Å². The second-order valence-electron chi connectivity index (χ2n) is 4.60. The van der Waals surface area contributed by atoms with Gasteiger partial charge in [-0.3, -0.25) is 0 Å². The molecule has 1 aromatic heterocycles. The van der Waals surface area contributed by atoms with Gasteiger partial charge in [-0.1, -0.05) is 25.1 Å². The Hall–Kier alpha value is -1.07. The van der Waals surface area contributed by atoms with Crippen LogP contribution >= 0.6 is 11.3 Å². The number of nitrogens with one attached hydrogen (secondary N) is 1. The van der Waals surface area contributed by atoms with Gasteiger partial charge in [-0.2, -0.15) is 0 Å². The maximum absolute atomic E-state index is 8.55. The van der Waals surface area contributed by atoms with Crippen LogP contribution in [0.4, 0.5) is 0 Å². The molecule has 4 N–H and O–H groups in total. The van der Waals surface area contributed by atoms with E-state index < -0.39 is 0 Å². The van der Waals surface area contributed by atoms with E-state index in [2.05, 4.69) is 41.8 Å². The maximum atomic E-state index is 8.55. The Balaban J connectivity index is 2.62. The molecule has 17 heavy (non-hydrogen) atoms. The predicted octanol–water partition coefficient (Wildman–Crippen LogP) is 2.56. The molecule has 96 valence electrons. The number of hydrogen-bond acceptors (Lipinski definition) is 4. The van der Waals surface area contributed by atoms with Gasteiger partial charge < -0.3 is 16.3 Å². The van der Waals surface area contributed by atoms with E-state index in [0.717, 1.165) is 0 Å². The van der Waals surface area contributed by atoms with Gasteiger partial charge >= 0.3 is 0 Å². The van der Waals surface area contributed by atoms with Crippen molar-refractivity contribution in [2.24, 2.45) is 16.8 Å². The third-order valence-electron chi connectivity index (χ3n) is 2.62. The summed E-state index contributed by atoms with van der Waals surface area (Å²) in [4.78, 5) is 1.33. The van der Waals surface area contributed by atoms with E-state index in [1.165, 1.54) is 4.88 Å². The second-order valence-corrected chi connectivity index (χ2v) is 5.58. The fraction of sp³-hybridized carbons (Fsp3) is 0.583. The largest absolute Gasteiger partial charge is 0.409 e. The van der Waals surface area contributed by atoms with Crippen molar-refractivity contribution in [2.75, 3.05) is 0 Å². The van der Waals surface area contributed by atoms with Crippen molar-refractivity contribution in [3.05, 3.63) is 22.4 Å². The second kappa shape index (κ2) is 6.61. The van der Waals surface area contributed by atoms with Gasteiger partial charge in [-0.05, 0) is 24.3 Å². The zero-order valence-electron chi connectivity index (χ0n) is 10.6. The summed E-state index contributed by atoms with van der Waals surface area (Å²) < 4.78 is 0. The number of nitrogens with zero attached hydrogens (tertiary/aromatic N) is 1. The lowest BCUT2D eigenvalue weighted by molar-refractivity contribution is 0.314. The molecule has 0 spiro atoms. The molecule has 0 radical (unpaired) electrons.